The van der Waals surface area contributed by atoms with E-state index in [-0.39, 0.29) is 29.7 Å². The molecular formula is C19H25ClN2O2. The molecule has 1 atom stereocenters. The van der Waals surface area contributed by atoms with Gasteiger partial charge in [-0.3, -0.25) is 9.59 Å². The standard InChI is InChI=1S/C19H25ClN2O2/c20-12-18(23)22-11-10-14-6-4-5-9-16(14)17(22)13-21-19(24)15-7-2-1-3-8-15/h4-6,9,15,17H,1-3,7-8,10-13H2,(H,21,24)/t17-/m0/s1. The van der Waals surface area contributed by atoms with Crippen LogP contribution in [0.15, 0.2) is 24.3 Å². The third-order valence-corrected chi connectivity index (χ3v) is 5.52. The van der Waals surface area contributed by atoms with Gasteiger partial charge in [-0.25, -0.2) is 0 Å². The van der Waals surface area contributed by atoms with E-state index in [4.69, 9.17) is 11.6 Å². The number of nitrogens with one attached hydrogen (secondary N) is 1. The summed E-state index contributed by atoms with van der Waals surface area (Å²) in [7, 11) is 0. The van der Waals surface area contributed by atoms with Crippen LogP contribution in [0.3, 0.4) is 0 Å². The summed E-state index contributed by atoms with van der Waals surface area (Å²) >= 11 is 5.78. The summed E-state index contributed by atoms with van der Waals surface area (Å²) in [6.07, 6.45) is 6.32. The zero-order valence-corrected chi connectivity index (χ0v) is 14.7. The number of carbonyl (C=O) groups is 2. The molecule has 5 heteroatoms. The highest BCUT2D eigenvalue weighted by Crippen LogP contribution is 2.30. The number of amides is 2. The zero-order chi connectivity index (χ0) is 16.9. The zero-order valence-electron chi connectivity index (χ0n) is 14.0. The Kier molecular flexibility index (Phi) is 5.77. The van der Waals surface area contributed by atoms with Gasteiger partial charge in [-0.2, -0.15) is 0 Å². The first-order valence-electron chi connectivity index (χ1n) is 8.91. The average molecular weight is 349 g/mol. The number of fused-ring (bicyclic) bond motifs is 1. The van der Waals surface area contributed by atoms with E-state index in [1.165, 1.54) is 12.0 Å². The molecule has 3 rings (SSSR count). The van der Waals surface area contributed by atoms with Crippen molar-refractivity contribution in [2.45, 2.75) is 44.6 Å². The molecule has 130 valence electrons. The normalized spacial score (nSPS) is 21.2. The van der Waals surface area contributed by atoms with Crippen LogP contribution < -0.4 is 5.32 Å². The first-order chi connectivity index (χ1) is 11.7. The molecule has 0 aromatic heterocycles. The third-order valence-electron chi connectivity index (χ3n) is 5.29. The Hall–Kier alpha value is -1.55. The molecule has 0 unspecified atom stereocenters. The number of hydrogen-bond donors (Lipinski definition) is 1. The van der Waals surface area contributed by atoms with Gasteiger partial charge in [0, 0.05) is 19.0 Å². The highest BCUT2D eigenvalue weighted by Gasteiger charge is 2.31. The molecule has 4 nitrogen and oxygen atoms in total. The summed E-state index contributed by atoms with van der Waals surface area (Å²) in [4.78, 5) is 26.5. The van der Waals surface area contributed by atoms with Crippen molar-refractivity contribution in [2.24, 2.45) is 5.92 Å². The fourth-order valence-electron chi connectivity index (χ4n) is 3.95. The van der Waals surface area contributed by atoms with E-state index in [1.54, 1.807) is 0 Å². The SMILES string of the molecule is O=C(NC[C@H]1c2ccccc2CCN1C(=O)CCl)C1CCCCC1. The van der Waals surface area contributed by atoms with Crippen molar-refractivity contribution < 1.29 is 9.59 Å². The molecular weight excluding hydrogens is 324 g/mol. The molecule has 1 aromatic carbocycles. The lowest BCUT2D eigenvalue weighted by Crippen LogP contribution is -2.46. The van der Waals surface area contributed by atoms with Gasteiger partial charge in [0.15, 0.2) is 0 Å². The number of alkyl halides is 1. The molecule has 1 saturated carbocycles. The molecule has 2 amide bonds. The number of rotatable bonds is 4. The van der Waals surface area contributed by atoms with Gasteiger partial charge in [0.2, 0.25) is 11.8 Å². The molecule has 1 aliphatic heterocycles. The molecule has 1 aliphatic carbocycles. The largest absolute Gasteiger partial charge is 0.353 e. The van der Waals surface area contributed by atoms with Crippen LogP contribution in [0, 0.1) is 5.92 Å². The van der Waals surface area contributed by atoms with E-state index in [0.717, 1.165) is 37.7 Å². The van der Waals surface area contributed by atoms with Gasteiger partial charge in [-0.15, -0.1) is 11.6 Å². The lowest BCUT2D eigenvalue weighted by atomic mass is 9.88. The summed E-state index contributed by atoms with van der Waals surface area (Å²) in [5, 5.41) is 3.10. The lowest BCUT2D eigenvalue weighted by molar-refractivity contribution is -0.132. The van der Waals surface area contributed by atoms with Crippen LogP contribution in [-0.4, -0.2) is 35.7 Å². The van der Waals surface area contributed by atoms with E-state index < -0.39 is 0 Å². The summed E-state index contributed by atoms with van der Waals surface area (Å²) in [6.45, 7) is 1.13. The minimum atomic E-state index is -0.117. The van der Waals surface area contributed by atoms with Gasteiger partial charge >= 0.3 is 0 Å². The summed E-state index contributed by atoms with van der Waals surface area (Å²) in [5.74, 6) is 0.184. The Morgan fingerprint density at radius 2 is 1.92 bits per heavy atom. The molecule has 0 radical (unpaired) electrons. The van der Waals surface area contributed by atoms with E-state index >= 15 is 0 Å². The van der Waals surface area contributed by atoms with Gasteiger partial charge < -0.3 is 10.2 Å². The average Bonchev–Trinajstić information content (AvgIpc) is 2.65. The maximum atomic E-state index is 12.5. The smallest absolute Gasteiger partial charge is 0.238 e. The number of halogens is 1. The summed E-state index contributed by atoms with van der Waals surface area (Å²) in [6, 6.07) is 8.06. The summed E-state index contributed by atoms with van der Waals surface area (Å²) < 4.78 is 0. The fourth-order valence-corrected chi connectivity index (χ4v) is 4.11. The van der Waals surface area contributed by atoms with Gasteiger partial charge in [-0.1, -0.05) is 43.5 Å². The molecule has 1 fully saturated rings. The van der Waals surface area contributed by atoms with Crippen molar-refractivity contribution in [3.8, 4) is 0 Å². The Balaban J connectivity index is 1.72. The van der Waals surface area contributed by atoms with E-state index in [9.17, 15) is 9.59 Å². The molecule has 0 saturated heterocycles. The van der Waals surface area contributed by atoms with E-state index in [0.29, 0.717) is 13.1 Å². The molecule has 1 heterocycles. The Labute approximate surface area is 148 Å². The third kappa shape index (κ3) is 3.75. The highest BCUT2D eigenvalue weighted by molar-refractivity contribution is 6.27. The monoisotopic (exact) mass is 348 g/mol. The van der Waals surface area contributed by atoms with Gasteiger partial charge in [-0.05, 0) is 30.4 Å². The Bertz CT molecular complexity index is 599. The number of hydrogen-bond acceptors (Lipinski definition) is 2. The second-order valence-electron chi connectivity index (χ2n) is 6.77. The number of nitrogens with zero attached hydrogens (tertiary/aromatic N) is 1. The summed E-state index contributed by atoms with van der Waals surface area (Å²) in [5.41, 5.74) is 2.39. The quantitative estimate of drug-likeness (QED) is 0.850. The first-order valence-corrected chi connectivity index (χ1v) is 9.45. The highest BCUT2D eigenvalue weighted by atomic mass is 35.5. The van der Waals surface area contributed by atoms with Crippen molar-refractivity contribution >= 4 is 23.4 Å². The number of carbonyl (C=O) groups excluding carboxylic acids is 2. The van der Waals surface area contributed by atoms with Crippen LogP contribution in [0.2, 0.25) is 0 Å². The fraction of sp³-hybridized carbons (Fsp3) is 0.579. The lowest BCUT2D eigenvalue weighted by Gasteiger charge is -2.37. The minimum absolute atomic E-state index is 0.0186. The maximum absolute atomic E-state index is 12.5. The second kappa shape index (κ2) is 8.02. The minimum Gasteiger partial charge on any atom is -0.353 e. The molecule has 1 N–H and O–H groups in total. The van der Waals surface area contributed by atoms with E-state index in [2.05, 4.69) is 17.4 Å². The van der Waals surface area contributed by atoms with E-state index in [1.807, 2.05) is 17.0 Å². The van der Waals surface area contributed by atoms with Gasteiger partial charge in [0.25, 0.3) is 0 Å². The van der Waals surface area contributed by atoms with Crippen molar-refractivity contribution in [2.75, 3.05) is 19.0 Å². The van der Waals surface area contributed by atoms with Crippen molar-refractivity contribution in [1.29, 1.82) is 0 Å². The molecule has 24 heavy (non-hydrogen) atoms. The van der Waals surface area contributed by atoms with Gasteiger partial charge in [0.05, 0.1) is 6.04 Å². The Morgan fingerprint density at radius 1 is 1.17 bits per heavy atom. The van der Waals surface area contributed by atoms with Crippen LogP contribution in [0.4, 0.5) is 0 Å². The van der Waals surface area contributed by atoms with Crippen LogP contribution in [0.1, 0.15) is 49.3 Å². The van der Waals surface area contributed by atoms with Crippen LogP contribution in [0.5, 0.6) is 0 Å². The molecule has 0 spiro atoms. The predicted molar refractivity (Wildman–Crippen MR) is 94.9 cm³/mol. The van der Waals surface area contributed by atoms with Crippen LogP contribution in [-0.2, 0) is 16.0 Å². The van der Waals surface area contributed by atoms with Crippen LogP contribution >= 0.6 is 11.6 Å². The molecule has 2 aliphatic rings. The van der Waals surface area contributed by atoms with Crippen molar-refractivity contribution in [1.82, 2.24) is 10.2 Å². The topological polar surface area (TPSA) is 49.4 Å². The molecule has 1 aromatic rings. The Morgan fingerprint density at radius 3 is 2.67 bits per heavy atom. The maximum Gasteiger partial charge on any atom is 0.238 e. The molecule has 0 bridgehead atoms. The van der Waals surface area contributed by atoms with Crippen molar-refractivity contribution in [3.63, 3.8) is 0 Å². The number of benzene rings is 1. The second-order valence-corrected chi connectivity index (χ2v) is 7.03. The van der Waals surface area contributed by atoms with Crippen LogP contribution in [0.25, 0.3) is 0 Å². The van der Waals surface area contributed by atoms with Gasteiger partial charge in [0.1, 0.15) is 5.88 Å². The van der Waals surface area contributed by atoms with Crippen molar-refractivity contribution in [3.05, 3.63) is 35.4 Å². The first kappa shape index (κ1) is 17.3. The predicted octanol–water partition coefficient (Wildman–Crippen LogP) is 3.05.